The van der Waals surface area contributed by atoms with Gasteiger partial charge in [-0.2, -0.15) is 0 Å². The molecule has 3 aromatic carbocycles. The SMILES string of the molecule is COc1c2ccccc2c(OC(=O)CCCCCCC(C)=O)c2ccc(C)cc12. The van der Waals surface area contributed by atoms with Crippen molar-refractivity contribution in [1.82, 2.24) is 0 Å². The van der Waals surface area contributed by atoms with Crippen LogP contribution in [0.4, 0.5) is 0 Å². The van der Waals surface area contributed by atoms with E-state index in [1.165, 1.54) is 0 Å². The molecule has 0 aliphatic carbocycles. The molecule has 0 fully saturated rings. The van der Waals surface area contributed by atoms with Crippen molar-refractivity contribution in [2.75, 3.05) is 7.11 Å². The first-order chi connectivity index (χ1) is 14.0. The van der Waals surface area contributed by atoms with E-state index in [0.717, 1.165) is 58.5 Å². The van der Waals surface area contributed by atoms with Gasteiger partial charge in [0.2, 0.25) is 0 Å². The largest absolute Gasteiger partial charge is 0.495 e. The standard InChI is InChI=1S/C25H28O4/c1-17-14-15-21-22(16-17)24(28-3)19-11-8-9-12-20(19)25(21)29-23(27)13-7-5-4-6-10-18(2)26/h8-9,11-12,14-16H,4-7,10,13H2,1-3H3. The highest BCUT2D eigenvalue weighted by molar-refractivity contribution is 6.12. The quantitative estimate of drug-likeness (QED) is 0.190. The summed E-state index contributed by atoms with van der Waals surface area (Å²) >= 11 is 0. The number of carbonyl (C=O) groups is 2. The molecule has 0 atom stereocenters. The first-order valence-electron chi connectivity index (χ1n) is 10.2. The lowest BCUT2D eigenvalue weighted by Crippen LogP contribution is -2.08. The summed E-state index contributed by atoms with van der Waals surface area (Å²) in [4.78, 5) is 23.5. The molecule has 0 radical (unpaired) electrons. The fourth-order valence-corrected chi connectivity index (χ4v) is 3.70. The average Bonchev–Trinajstić information content (AvgIpc) is 2.70. The number of unbranched alkanes of at least 4 members (excludes halogenated alkanes) is 3. The highest BCUT2D eigenvalue weighted by Crippen LogP contribution is 2.43. The molecule has 4 nitrogen and oxygen atoms in total. The molecule has 3 aromatic rings. The van der Waals surface area contributed by atoms with Crippen LogP contribution in [-0.2, 0) is 9.59 Å². The lowest BCUT2D eigenvalue weighted by atomic mass is 9.99. The molecule has 0 saturated heterocycles. The lowest BCUT2D eigenvalue weighted by molar-refractivity contribution is -0.134. The molecule has 0 aromatic heterocycles. The number of benzene rings is 3. The van der Waals surface area contributed by atoms with Gasteiger partial charge in [-0.05, 0) is 32.8 Å². The molecule has 0 saturated carbocycles. The highest BCUT2D eigenvalue weighted by atomic mass is 16.5. The van der Waals surface area contributed by atoms with Crippen LogP contribution < -0.4 is 9.47 Å². The second-order valence-electron chi connectivity index (χ2n) is 7.55. The molecular weight excluding hydrogens is 364 g/mol. The Morgan fingerprint density at radius 1 is 0.793 bits per heavy atom. The van der Waals surface area contributed by atoms with Crippen molar-refractivity contribution in [2.24, 2.45) is 0 Å². The summed E-state index contributed by atoms with van der Waals surface area (Å²) in [7, 11) is 1.67. The van der Waals surface area contributed by atoms with Crippen LogP contribution in [0.25, 0.3) is 21.5 Å². The highest BCUT2D eigenvalue weighted by Gasteiger charge is 2.17. The van der Waals surface area contributed by atoms with Crippen LogP contribution >= 0.6 is 0 Å². The second-order valence-corrected chi connectivity index (χ2v) is 7.55. The fourth-order valence-electron chi connectivity index (χ4n) is 3.70. The Balaban J connectivity index is 1.83. The normalized spacial score (nSPS) is 11.0. The predicted octanol–water partition coefficient (Wildman–Crippen LogP) is 6.15. The van der Waals surface area contributed by atoms with Gasteiger partial charge in [-0.3, -0.25) is 4.79 Å². The van der Waals surface area contributed by atoms with E-state index in [4.69, 9.17) is 9.47 Å². The van der Waals surface area contributed by atoms with E-state index in [9.17, 15) is 9.59 Å². The maximum atomic E-state index is 12.6. The van der Waals surface area contributed by atoms with E-state index in [1.807, 2.05) is 43.3 Å². The van der Waals surface area contributed by atoms with Gasteiger partial charge in [0.15, 0.2) is 0 Å². The van der Waals surface area contributed by atoms with Crippen LogP contribution in [0.3, 0.4) is 0 Å². The van der Waals surface area contributed by atoms with Gasteiger partial charge >= 0.3 is 5.97 Å². The van der Waals surface area contributed by atoms with Crippen molar-refractivity contribution < 1.29 is 19.1 Å². The predicted molar refractivity (Wildman–Crippen MR) is 117 cm³/mol. The Morgan fingerprint density at radius 2 is 1.41 bits per heavy atom. The number of ketones is 1. The summed E-state index contributed by atoms with van der Waals surface area (Å²) in [5.41, 5.74) is 1.12. The molecule has 4 heteroatoms. The molecule has 29 heavy (non-hydrogen) atoms. The van der Waals surface area contributed by atoms with Crippen LogP contribution in [0, 0.1) is 6.92 Å². The van der Waals surface area contributed by atoms with Gasteiger partial charge in [-0.15, -0.1) is 0 Å². The van der Waals surface area contributed by atoms with Gasteiger partial charge in [0.25, 0.3) is 0 Å². The van der Waals surface area contributed by atoms with Crippen LogP contribution in [0.15, 0.2) is 42.5 Å². The Bertz CT molecular complexity index is 1040. The monoisotopic (exact) mass is 392 g/mol. The van der Waals surface area contributed by atoms with Gasteiger partial charge in [-0.1, -0.05) is 54.8 Å². The van der Waals surface area contributed by atoms with Gasteiger partial charge in [0.1, 0.15) is 17.3 Å². The number of ether oxygens (including phenoxy) is 2. The number of Topliss-reactive ketones (excluding diaryl/α,β-unsaturated/α-hetero) is 1. The zero-order valence-corrected chi connectivity index (χ0v) is 17.4. The maximum Gasteiger partial charge on any atom is 0.311 e. The van der Waals surface area contributed by atoms with Crippen molar-refractivity contribution in [2.45, 2.75) is 52.4 Å². The molecule has 0 bridgehead atoms. The lowest BCUT2D eigenvalue weighted by Gasteiger charge is -2.16. The van der Waals surface area contributed by atoms with Gasteiger partial charge in [-0.25, -0.2) is 0 Å². The van der Waals surface area contributed by atoms with Gasteiger partial charge in [0.05, 0.1) is 7.11 Å². The zero-order valence-electron chi connectivity index (χ0n) is 17.4. The molecule has 0 spiro atoms. The molecule has 0 unspecified atom stereocenters. The summed E-state index contributed by atoms with van der Waals surface area (Å²) in [6.45, 7) is 3.65. The minimum atomic E-state index is -0.228. The van der Waals surface area contributed by atoms with Crippen LogP contribution in [0.5, 0.6) is 11.5 Å². The van der Waals surface area contributed by atoms with E-state index in [2.05, 4.69) is 6.07 Å². The van der Waals surface area contributed by atoms with Crippen molar-refractivity contribution >= 4 is 33.3 Å². The average molecular weight is 392 g/mol. The number of rotatable bonds is 9. The minimum absolute atomic E-state index is 0.220. The topological polar surface area (TPSA) is 52.6 Å². The molecule has 0 aliphatic rings. The number of hydrogen-bond acceptors (Lipinski definition) is 4. The molecule has 0 heterocycles. The summed E-state index contributed by atoms with van der Waals surface area (Å²) in [6, 6.07) is 13.9. The third-order valence-electron chi connectivity index (χ3n) is 5.16. The molecular formula is C25H28O4. The molecule has 3 rings (SSSR count). The molecule has 0 N–H and O–H groups in total. The number of hydrogen-bond donors (Lipinski definition) is 0. The van der Waals surface area contributed by atoms with Crippen molar-refractivity contribution in [3.05, 3.63) is 48.0 Å². The summed E-state index contributed by atoms with van der Waals surface area (Å²) in [5.74, 6) is 1.38. The summed E-state index contributed by atoms with van der Waals surface area (Å²) < 4.78 is 11.6. The Labute approximate surface area is 171 Å². The third-order valence-corrected chi connectivity index (χ3v) is 5.16. The Morgan fingerprint density at radius 3 is 2.07 bits per heavy atom. The summed E-state index contributed by atoms with van der Waals surface area (Å²) in [6.07, 6.45) is 4.52. The number of fused-ring (bicyclic) bond motifs is 2. The Kier molecular flexibility index (Phi) is 6.86. The van der Waals surface area contributed by atoms with E-state index in [-0.39, 0.29) is 11.8 Å². The number of carbonyl (C=O) groups excluding carboxylic acids is 2. The second kappa shape index (κ2) is 9.55. The van der Waals surface area contributed by atoms with E-state index < -0.39 is 0 Å². The first kappa shape index (κ1) is 20.8. The van der Waals surface area contributed by atoms with Crippen molar-refractivity contribution in [1.29, 1.82) is 0 Å². The van der Waals surface area contributed by atoms with E-state index >= 15 is 0 Å². The fraction of sp³-hybridized carbons (Fsp3) is 0.360. The van der Waals surface area contributed by atoms with Gasteiger partial charge < -0.3 is 14.3 Å². The van der Waals surface area contributed by atoms with Crippen molar-refractivity contribution in [3.63, 3.8) is 0 Å². The van der Waals surface area contributed by atoms with Crippen molar-refractivity contribution in [3.8, 4) is 11.5 Å². The minimum Gasteiger partial charge on any atom is -0.495 e. The molecule has 152 valence electrons. The summed E-state index contributed by atoms with van der Waals surface area (Å²) in [5, 5.41) is 3.62. The number of aryl methyl sites for hydroxylation is 1. The zero-order chi connectivity index (χ0) is 20.8. The van der Waals surface area contributed by atoms with E-state index in [0.29, 0.717) is 18.6 Å². The van der Waals surface area contributed by atoms with Crippen LogP contribution in [-0.4, -0.2) is 18.9 Å². The number of esters is 1. The first-order valence-corrected chi connectivity index (χ1v) is 10.2. The molecule has 0 aliphatic heterocycles. The Hall–Kier alpha value is -2.88. The smallest absolute Gasteiger partial charge is 0.311 e. The third kappa shape index (κ3) is 4.94. The van der Waals surface area contributed by atoms with Crippen LogP contribution in [0.1, 0.15) is 51.0 Å². The molecule has 0 amide bonds. The number of methoxy groups -OCH3 is 1. The van der Waals surface area contributed by atoms with Crippen LogP contribution in [0.2, 0.25) is 0 Å². The van der Waals surface area contributed by atoms with Gasteiger partial charge in [0, 0.05) is 34.4 Å². The maximum absolute atomic E-state index is 12.6. The van der Waals surface area contributed by atoms with E-state index in [1.54, 1.807) is 14.0 Å².